The number of rotatable bonds is 67. The van der Waals surface area contributed by atoms with Gasteiger partial charge in [0.15, 0.2) is 18.7 Å². The van der Waals surface area contributed by atoms with Gasteiger partial charge in [-0.2, -0.15) is 0 Å². The van der Waals surface area contributed by atoms with Crippen LogP contribution in [0.4, 0.5) is 0 Å². The molecule has 0 aliphatic carbocycles. The zero-order valence-corrected chi connectivity index (χ0v) is 63.9. The van der Waals surface area contributed by atoms with Crippen LogP contribution in [-0.2, 0) is 89.0 Å². The van der Waals surface area contributed by atoms with E-state index in [2.05, 4.69) is 45.2 Å². The lowest BCUT2D eigenvalue weighted by atomic mass is 9.95. The number of allylic oxidation sites excluding steroid dienone is 2. The summed E-state index contributed by atoms with van der Waals surface area (Å²) in [5, 5.41) is 2.86. The first-order valence-electron chi connectivity index (χ1n) is 37.8. The maximum Gasteiger partial charge on any atom is 0.470 e. The van der Waals surface area contributed by atoms with E-state index < -0.39 is 136 Å². The Morgan fingerprint density at radius 1 is 0.434 bits per heavy atom. The number of amides is 1. The molecule has 7 N–H and O–H groups in total. The highest BCUT2D eigenvalue weighted by atomic mass is 31.2. The molecule has 0 saturated carbocycles. The third-order valence-corrected chi connectivity index (χ3v) is 19.3. The van der Waals surface area contributed by atoms with E-state index in [1.165, 1.54) is 45.6 Å². The minimum absolute atomic E-state index is 0.0484. The van der Waals surface area contributed by atoms with Gasteiger partial charge in [-0.3, -0.25) is 28.0 Å². The van der Waals surface area contributed by atoms with Crippen molar-refractivity contribution in [1.82, 2.24) is 5.32 Å². The van der Waals surface area contributed by atoms with Crippen molar-refractivity contribution in [1.29, 1.82) is 0 Å². The molecule has 0 aromatic heterocycles. The van der Waals surface area contributed by atoms with E-state index in [1.807, 2.05) is 0 Å². The molecule has 2 aliphatic heterocycles. The first-order valence-corrected chi connectivity index (χ1v) is 42.4. The molecule has 11 atom stereocenters. The van der Waals surface area contributed by atoms with E-state index >= 15 is 0 Å². The number of nitrogens with one attached hydrogen (secondary N) is 1. The van der Waals surface area contributed by atoms with Crippen LogP contribution in [0.5, 0.6) is 0 Å². The van der Waals surface area contributed by atoms with Gasteiger partial charge in [-0.05, 0) is 57.8 Å². The van der Waals surface area contributed by atoms with Crippen LogP contribution < -0.4 is 5.32 Å². The Morgan fingerprint density at radius 2 is 0.889 bits per heavy atom. The predicted octanol–water partition coefficient (Wildman–Crippen LogP) is 14.2. The van der Waals surface area contributed by atoms with E-state index in [4.69, 9.17) is 60.9 Å². The second-order valence-electron chi connectivity index (χ2n) is 26.5. The third-order valence-electron chi connectivity index (χ3n) is 17.7. The van der Waals surface area contributed by atoms with Crippen LogP contribution in [0.2, 0.25) is 0 Å². The minimum Gasteiger partial charge on any atom is -0.454 e. The highest BCUT2D eigenvalue weighted by Gasteiger charge is 2.54. The van der Waals surface area contributed by atoms with Crippen molar-refractivity contribution in [3.63, 3.8) is 0 Å². The monoisotopic (exact) mass is 1480 g/mol. The highest BCUT2D eigenvalue weighted by Crippen LogP contribution is 2.44. The van der Waals surface area contributed by atoms with E-state index in [0.29, 0.717) is 32.1 Å². The van der Waals surface area contributed by atoms with Crippen molar-refractivity contribution in [3.8, 4) is 0 Å². The van der Waals surface area contributed by atoms with Crippen molar-refractivity contribution in [2.24, 2.45) is 0 Å². The molecule has 0 aromatic rings. The summed E-state index contributed by atoms with van der Waals surface area (Å²) in [5.41, 5.74) is 0. The molecule has 584 valence electrons. The number of esters is 1. The third kappa shape index (κ3) is 48.2. The number of methoxy groups -OCH3 is 2. The van der Waals surface area contributed by atoms with Crippen LogP contribution >= 0.6 is 23.5 Å². The molecular formula is C70H134NO25P3. The second-order valence-corrected chi connectivity index (χ2v) is 30.1. The van der Waals surface area contributed by atoms with Crippen molar-refractivity contribution >= 4 is 41.1 Å². The van der Waals surface area contributed by atoms with Gasteiger partial charge < -0.3 is 82.0 Å². The van der Waals surface area contributed by atoms with E-state index in [0.717, 1.165) is 167 Å². The molecule has 0 spiro atoms. The van der Waals surface area contributed by atoms with E-state index in [1.54, 1.807) is 7.11 Å². The van der Waals surface area contributed by atoms with Crippen LogP contribution in [0.15, 0.2) is 12.2 Å². The van der Waals surface area contributed by atoms with E-state index in [9.17, 15) is 57.4 Å². The number of ether oxygens (including phenoxy) is 10. The van der Waals surface area contributed by atoms with Gasteiger partial charge in [-0.1, -0.05) is 220 Å². The average molecular weight is 1480 g/mol. The Kier molecular flexibility index (Phi) is 55.2. The minimum atomic E-state index is -5.35. The Morgan fingerprint density at radius 3 is 1.41 bits per heavy atom. The second kappa shape index (κ2) is 58.5. The lowest BCUT2D eigenvalue weighted by molar-refractivity contribution is -0.329. The molecule has 2 aliphatic rings. The molecule has 0 aromatic carbocycles. The summed E-state index contributed by atoms with van der Waals surface area (Å²) in [6.45, 7) is 5.42. The standard InChI is InChI=1S/C70H134NO25P3/c1-7-11-15-19-22-25-26-27-28-29-30-32-34-38-42-46-62(74)95-68-67(87-49-47-58(85-6)45-41-36-18-14-10-4)65(96-99(81,82)83)59(55-84-5)94-70(68)90-56-60-64(88-50-52-91-97(75,76)77)66(86-48-43-39-35-24-21-17-13-9-3)63(69(93-60)89-51-53-92-98(78,79)80)71-61(73)54-57(72)44-40-37-33-31-23-20-16-12-8-2/h25-26,58-60,63-70H,7-24,27-56H2,1-6H3,(H,71,73)(H2,75,76,77)(H2,78,79,80)(H2,81,82,83)/b26-25-/t58-,59+,60+,63-,64+,65+,66+,67-,68+,69-,70+/m0/s1. The number of carbonyl (C=O) groups is 3. The number of phosphoric acid groups is 3. The summed E-state index contributed by atoms with van der Waals surface area (Å²) in [7, 11) is -12.5. The summed E-state index contributed by atoms with van der Waals surface area (Å²) in [4.78, 5) is 101. The van der Waals surface area contributed by atoms with Gasteiger partial charge in [-0.15, -0.1) is 0 Å². The Hall–Kier alpha value is -1.68. The quantitative estimate of drug-likeness (QED) is 0.00977. The summed E-state index contributed by atoms with van der Waals surface area (Å²) in [5.74, 6) is -1.74. The zero-order chi connectivity index (χ0) is 72.8. The highest BCUT2D eigenvalue weighted by molar-refractivity contribution is 7.46. The fourth-order valence-corrected chi connectivity index (χ4v) is 13.5. The number of ketones is 1. The number of hydrogen-bond acceptors (Lipinski definition) is 19. The number of phosphoric ester groups is 3. The predicted molar refractivity (Wildman–Crippen MR) is 377 cm³/mol. The lowest BCUT2D eigenvalue weighted by Crippen LogP contribution is -2.67. The fraction of sp³-hybridized carbons (Fsp3) is 0.929. The zero-order valence-electron chi connectivity index (χ0n) is 61.2. The van der Waals surface area contributed by atoms with Gasteiger partial charge in [0, 0.05) is 40.3 Å². The first kappa shape index (κ1) is 93.4. The normalized spacial score (nSPS) is 21.9. The number of Topliss-reactive ketones (excluding diaryl/α,β-unsaturated/α-hetero) is 1. The van der Waals surface area contributed by atoms with Crippen molar-refractivity contribution in [2.45, 2.75) is 352 Å². The largest absolute Gasteiger partial charge is 0.470 e. The molecular weight excluding hydrogens is 1350 g/mol. The smallest absolute Gasteiger partial charge is 0.454 e. The summed E-state index contributed by atoms with van der Waals surface area (Å²) in [6.07, 6.45) is 26.9. The summed E-state index contributed by atoms with van der Waals surface area (Å²) >= 11 is 0. The van der Waals surface area contributed by atoms with Crippen LogP contribution in [0.3, 0.4) is 0 Å². The Balaban J connectivity index is 2.70. The number of unbranched alkanes of at least 4 members (excludes halogenated alkanes) is 30. The lowest BCUT2D eigenvalue weighted by Gasteiger charge is -2.48. The molecule has 1 amide bonds. The SMILES string of the molecule is CCCCCC/C=C\CCCCCCCCCC(=O)O[C@H]1[C@H](OC[C@H]2O[C@H](OCCOP(=O)(O)O)[C@@H](NC(=O)CC(=O)CCCCCCCCCCC)[C@@H](OCCCCCCCCCC)[C@@H]2OCCOP(=O)(O)O)O[C@H](COC)[C@@H](OP(=O)(O)O)[C@@H]1OCC[C@H](CCCCCCC)OC. The van der Waals surface area contributed by atoms with Crippen LogP contribution in [0, 0.1) is 0 Å². The van der Waals surface area contributed by atoms with E-state index in [-0.39, 0.29) is 44.5 Å². The van der Waals surface area contributed by atoms with Gasteiger partial charge in [0.1, 0.15) is 48.4 Å². The van der Waals surface area contributed by atoms with Gasteiger partial charge in [-0.25, -0.2) is 13.7 Å². The molecule has 2 fully saturated rings. The maximum atomic E-state index is 14.3. The molecule has 0 radical (unpaired) electrons. The Bertz CT molecular complexity index is 2190. The number of hydrogen-bond donors (Lipinski definition) is 7. The van der Waals surface area contributed by atoms with Gasteiger partial charge >= 0.3 is 29.4 Å². The summed E-state index contributed by atoms with van der Waals surface area (Å²) in [6, 6.07) is -1.34. The van der Waals surface area contributed by atoms with Crippen molar-refractivity contribution in [2.75, 3.05) is 67.1 Å². The molecule has 99 heavy (non-hydrogen) atoms. The topological polar surface area (TPSA) is 356 Å². The molecule has 2 saturated heterocycles. The van der Waals surface area contributed by atoms with Crippen molar-refractivity contribution in [3.05, 3.63) is 12.2 Å². The number of carbonyl (C=O) groups excluding carboxylic acids is 3. The molecule has 2 heterocycles. The Labute approximate surface area is 593 Å². The molecule has 2 rings (SSSR count). The van der Waals surface area contributed by atoms with Gasteiger partial charge in [0.2, 0.25) is 5.91 Å². The van der Waals surface area contributed by atoms with Crippen molar-refractivity contribution < 1.29 is 118 Å². The average Bonchev–Trinajstić information content (AvgIpc) is 0.786. The molecule has 0 unspecified atom stereocenters. The van der Waals surface area contributed by atoms with Gasteiger partial charge in [0.25, 0.3) is 0 Å². The van der Waals surface area contributed by atoms with Crippen LogP contribution in [0.1, 0.15) is 285 Å². The van der Waals surface area contributed by atoms with Crippen LogP contribution in [0.25, 0.3) is 0 Å². The fourth-order valence-electron chi connectivity index (χ4n) is 12.3. The molecule has 29 heteroatoms. The maximum absolute atomic E-state index is 14.3. The van der Waals surface area contributed by atoms with Crippen LogP contribution in [-0.4, -0.2) is 182 Å². The first-order chi connectivity index (χ1) is 47.6. The molecule has 0 bridgehead atoms. The molecule has 26 nitrogen and oxygen atoms in total. The van der Waals surface area contributed by atoms with Gasteiger partial charge in [0.05, 0.1) is 52.2 Å². The summed E-state index contributed by atoms with van der Waals surface area (Å²) < 4.78 is 115.